The molecule has 0 aliphatic carbocycles. The molecule has 1 aliphatic rings. The zero-order valence-electron chi connectivity index (χ0n) is 8.82. The van der Waals surface area contributed by atoms with Crippen LogP contribution in [0.3, 0.4) is 0 Å². The van der Waals surface area contributed by atoms with Gasteiger partial charge in [-0.3, -0.25) is 0 Å². The minimum absolute atomic E-state index is 0.601. The van der Waals surface area contributed by atoms with Crippen LogP contribution < -0.4 is 10.1 Å². The molecule has 1 aromatic heterocycles. The summed E-state index contributed by atoms with van der Waals surface area (Å²) in [5.41, 5.74) is -0.601. The van der Waals surface area contributed by atoms with E-state index >= 15 is 0 Å². The van der Waals surface area contributed by atoms with E-state index in [2.05, 4.69) is 10.3 Å². The van der Waals surface area contributed by atoms with Crippen LogP contribution in [0.15, 0.2) is 6.20 Å². The van der Waals surface area contributed by atoms with Gasteiger partial charge in [-0.05, 0) is 19.4 Å². The molecule has 0 amide bonds. The van der Waals surface area contributed by atoms with Crippen molar-refractivity contribution in [3.8, 4) is 5.19 Å². The second-order valence-electron chi connectivity index (χ2n) is 3.98. The molecule has 1 aromatic rings. The first-order valence-corrected chi connectivity index (χ1v) is 5.95. The molecule has 0 aromatic carbocycles. The molecule has 1 atom stereocenters. The SMILES string of the molecule is COc1ncc(CC2(O)CCCNC2)s1. The Morgan fingerprint density at radius 1 is 1.73 bits per heavy atom. The Morgan fingerprint density at radius 2 is 2.60 bits per heavy atom. The standard InChI is InChI=1S/C10H16N2O2S/c1-14-9-12-6-8(15-9)5-10(13)3-2-4-11-7-10/h6,11,13H,2-5,7H2,1H3. The molecule has 0 saturated carbocycles. The number of nitrogens with one attached hydrogen (secondary N) is 1. The van der Waals surface area contributed by atoms with Crippen LogP contribution in [0.4, 0.5) is 0 Å². The number of β-amino-alcohol motifs (C(OH)–C–C–N with tert-alkyl or cyclic N) is 1. The lowest BCUT2D eigenvalue weighted by Gasteiger charge is -2.32. The van der Waals surface area contributed by atoms with Crippen molar-refractivity contribution >= 4 is 11.3 Å². The summed E-state index contributed by atoms with van der Waals surface area (Å²) < 4.78 is 5.03. The van der Waals surface area contributed by atoms with E-state index in [-0.39, 0.29) is 0 Å². The fourth-order valence-electron chi connectivity index (χ4n) is 1.89. The van der Waals surface area contributed by atoms with Gasteiger partial charge in [-0.15, -0.1) is 0 Å². The minimum atomic E-state index is -0.601. The molecule has 4 nitrogen and oxygen atoms in total. The zero-order valence-corrected chi connectivity index (χ0v) is 9.64. The van der Waals surface area contributed by atoms with Gasteiger partial charge in [0.1, 0.15) is 0 Å². The Hall–Kier alpha value is -0.650. The first kappa shape index (κ1) is 10.9. The summed E-state index contributed by atoms with van der Waals surface area (Å²) in [5, 5.41) is 14.2. The maximum atomic E-state index is 10.3. The molecule has 1 saturated heterocycles. The van der Waals surface area contributed by atoms with Crippen molar-refractivity contribution in [2.45, 2.75) is 24.9 Å². The van der Waals surface area contributed by atoms with Gasteiger partial charge in [0.25, 0.3) is 5.19 Å². The van der Waals surface area contributed by atoms with Crippen LogP contribution in [0.25, 0.3) is 0 Å². The molecule has 84 valence electrons. The zero-order chi connectivity index (χ0) is 10.7. The van der Waals surface area contributed by atoms with Crippen molar-refractivity contribution in [2.75, 3.05) is 20.2 Å². The highest BCUT2D eigenvalue weighted by molar-refractivity contribution is 7.13. The number of piperidine rings is 1. The van der Waals surface area contributed by atoms with Crippen LogP contribution >= 0.6 is 11.3 Å². The summed E-state index contributed by atoms with van der Waals surface area (Å²) in [6.45, 7) is 1.68. The van der Waals surface area contributed by atoms with Crippen LogP contribution in [0.2, 0.25) is 0 Å². The molecule has 0 bridgehead atoms. The highest BCUT2D eigenvalue weighted by Crippen LogP contribution is 2.27. The van der Waals surface area contributed by atoms with E-state index < -0.39 is 5.60 Å². The Labute approximate surface area is 93.3 Å². The number of aliphatic hydroxyl groups is 1. The highest BCUT2D eigenvalue weighted by Gasteiger charge is 2.30. The molecule has 15 heavy (non-hydrogen) atoms. The third-order valence-electron chi connectivity index (χ3n) is 2.66. The molecule has 0 radical (unpaired) electrons. The molecule has 0 spiro atoms. The predicted molar refractivity (Wildman–Crippen MR) is 59.4 cm³/mol. The summed E-state index contributed by atoms with van der Waals surface area (Å²) in [7, 11) is 1.61. The van der Waals surface area contributed by atoms with Crippen molar-refractivity contribution in [1.29, 1.82) is 0 Å². The Kier molecular flexibility index (Phi) is 3.23. The molecule has 1 aliphatic heterocycles. The number of rotatable bonds is 3. The summed E-state index contributed by atoms with van der Waals surface area (Å²) in [6.07, 6.45) is 4.35. The molecular formula is C10H16N2O2S. The average molecular weight is 228 g/mol. The van der Waals surface area contributed by atoms with E-state index in [9.17, 15) is 5.11 Å². The largest absolute Gasteiger partial charge is 0.473 e. The molecule has 2 rings (SSSR count). The maximum absolute atomic E-state index is 10.3. The smallest absolute Gasteiger partial charge is 0.273 e. The number of aromatic nitrogens is 1. The molecule has 1 fully saturated rings. The lowest BCUT2D eigenvalue weighted by atomic mass is 9.90. The van der Waals surface area contributed by atoms with Gasteiger partial charge < -0.3 is 15.2 Å². The number of nitrogens with zero attached hydrogens (tertiary/aromatic N) is 1. The molecule has 2 N–H and O–H groups in total. The van der Waals surface area contributed by atoms with Crippen molar-refractivity contribution < 1.29 is 9.84 Å². The number of hydrogen-bond acceptors (Lipinski definition) is 5. The normalized spacial score (nSPS) is 26.5. The monoisotopic (exact) mass is 228 g/mol. The second kappa shape index (κ2) is 4.47. The lowest BCUT2D eigenvalue weighted by molar-refractivity contribution is 0.0176. The van der Waals surface area contributed by atoms with Gasteiger partial charge >= 0.3 is 0 Å². The molecule has 5 heteroatoms. The second-order valence-corrected chi connectivity index (χ2v) is 5.06. The molecule has 2 heterocycles. The Morgan fingerprint density at radius 3 is 3.20 bits per heavy atom. The predicted octanol–water partition coefficient (Wildman–Crippen LogP) is 0.809. The third kappa shape index (κ3) is 2.68. The van der Waals surface area contributed by atoms with Gasteiger partial charge in [-0.1, -0.05) is 11.3 Å². The van der Waals surface area contributed by atoms with Crippen molar-refractivity contribution in [1.82, 2.24) is 10.3 Å². The Balaban J connectivity index is 2.00. The summed E-state index contributed by atoms with van der Waals surface area (Å²) >= 11 is 1.50. The topological polar surface area (TPSA) is 54.4 Å². The highest BCUT2D eigenvalue weighted by atomic mass is 32.1. The number of ether oxygens (including phenoxy) is 1. The first-order valence-electron chi connectivity index (χ1n) is 5.14. The van der Waals surface area contributed by atoms with Gasteiger partial charge in [0, 0.05) is 24.0 Å². The quantitative estimate of drug-likeness (QED) is 0.804. The lowest BCUT2D eigenvalue weighted by Crippen LogP contribution is -2.46. The fourth-order valence-corrected chi connectivity index (χ4v) is 2.75. The van der Waals surface area contributed by atoms with E-state index in [4.69, 9.17) is 4.74 Å². The average Bonchev–Trinajstić information content (AvgIpc) is 2.66. The van der Waals surface area contributed by atoms with E-state index in [1.54, 1.807) is 13.3 Å². The minimum Gasteiger partial charge on any atom is -0.473 e. The summed E-state index contributed by atoms with van der Waals surface area (Å²) in [4.78, 5) is 5.18. The van der Waals surface area contributed by atoms with E-state index in [0.717, 1.165) is 24.3 Å². The Bertz CT molecular complexity index is 321. The van der Waals surface area contributed by atoms with Crippen LogP contribution in [-0.2, 0) is 6.42 Å². The van der Waals surface area contributed by atoms with Gasteiger partial charge in [-0.25, -0.2) is 4.98 Å². The summed E-state index contributed by atoms with van der Waals surface area (Å²) in [6, 6.07) is 0. The molecular weight excluding hydrogens is 212 g/mol. The molecule has 1 unspecified atom stereocenters. The van der Waals surface area contributed by atoms with Crippen LogP contribution in [0, 0.1) is 0 Å². The van der Waals surface area contributed by atoms with Gasteiger partial charge in [-0.2, -0.15) is 0 Å². The van der Waals surface area contributed by atoms with Crippen molar-refractivity contribution in [3.63, 3.8) is 0 Å². The van der Waals surface area contributed by atoms with Gasteiger partial charge in [0.15, 0.2) is 0 Å². The maximum Gasteiger partial charge on any atom is 0.273 e. The summed E-state index contributed by atoms with van der Waals surface area (Å²) in [5.74, 6) is 0. The number of thiazole rings is 1. The number of methoxy groups -OCH3 is 1. The van der Waals surface area contributed by atoms with Crippen LogP contribution in [0.5, 0.6) is 5.19 Å². The fraction of sp³-hybridized carbons (Fsp3) is 0.700. The van der Waals surface area contributed by atoms with Gasteiger partial charge in [0.05, 0.1) is 12.7 Å². The van der Waals surface area contributed by atoms with Gasteiger partial charge in [0.2, 0.25) is 0 Å². The van der Waals surface area contributed by atoms with E-state index in [1.165, 1.54) is 11.3 Å². The first-order chi connectivity index (χ1) is 7.22. The van der Waals surface area contributed by atoms with Crippen molar-refractivity contribution in [3.05, 3.63) is 11.1 Å². The van der Waals surface area contributed by atoms with E-state index in [0.29, 0.717) is 18.2 Å². The van der Waals surface area contributed by atoms with E-state index in [1.807, 2.05) is 0 Å². The van der Waals surface area contributed by atoms with Crippen molar-refractivity contribution in [2.24, 2.45) is 0 Å². The third-order valence-corrected chi connectivity index (χ3v) is 3.62. The van der Waals surface area contributed by atoms with Crippen LogP contribution in [0.1, 0.15) is 17.7 Å². The number of hydrogen-bond donors (Lipinski definition) is 2. The van der Waals surface area contributed by atoms with Crippen LogP contribution in [-0.4, -0.2) is 35.9 Å².